The predicted molar refractivity (Wildman–Crippen MR) is 69.7 cm³/mol. The lowest BCUT2D eigenvalue weighted by molar-refractivity contribution is 0.112. The minimum Gasteiger partial charge on any atom is -0.297 e. The van der Waals surface area contributed by atoms with Gasteiger partial charge in [0.1, 0.15) is 0 Å². The van der Waals surface area contributed by atoms with E-state index in [-0.39, 0.29) is 0 Å². The second-order valence-corrected chi connectivity index (χ2v) is 6.10. The van der Waals surface area contributed by atoms with Crippen molar-refractivity contribution in [3.63, 3.8) is 0 Å². The smallest absolute Gasteiger partial charge is 0.160 e. The van der Waals surface area contributed by atoms with E-state index in [9.17, 15) is 4.79 Å². The van der Waals surface area contributed by atoms with Gasteiger partial charge in [-0.15, -0.1) is 11.3 Å². The lowest BCUT2D eigenvalue weighted by Crippen LogP contribution is -1.80. The van der Waals surface area contributed by atoms with Crippen molar-refractivity contribution >= 4 is 29.4 Å². The molecular formula is C13H12OS2. The summed E-state index contributed by atoms with van der Waals surface area (Å²) in [5.41, 5.74) is 2.54. The number of aldehydes is 1. The molecule has 3 heteroatoms. The summed E-state index contributed by atoms with van der Waals surface area (Å²) in [5.74, 6) is 0. The second kappa shape index (κ2) is 4.85. The zero-order valence-electron chi connectivity index (χ0n) is 9.19. The Labute approximate surface area is 104 Å². The van der Waals surface area contributed by atoms with Crippen LogP contribution >= 0.6 is 23.1 Å². The Morgan fingerprint density at radius 3 is 2.69 bits per heavy atom. The molecule has 0 aliphatic heterocycles. The molecule has 1 nitrogen and oxygen atoms in total. The van der Waals surface area contributed by atoms with Crippen LogP contribution < -0.4 is 0 Å². The quantitative estimate of drug-likeness (QED) is 0.752. The summed E-state index contributed by atoms with van der Waals surface area (Å²) in [6.07, 6.45) is 0.901. The molecular weight excluding hydrogens is 236 g/mol. The molecule has 0 bridgehead atoms. The minimum absolute atomic E-state index is 0.785. The summed E-state index contributed by atoms with van der Waals surface area (Å²) in [5, 5.41) is 0. The molecule has 1 aromatic carbocycles. The van der Waals surface area contributed by atoms with Gasteiger partial charge in [-0.05, 0) is 43.2 Å². The number of hydrogen-bond acceptors (Lipinski definition) is 3. The summed E-state index contributed by atoms with van der Waals surface area (Å²) in [6, 6.07) is 10.3. The Kier molecular flexibility index (Phi) is 3.46. The number of carbonyl (C=O) groups is 1. The molecule has 0 unspecified atom stereocenters. The molecule has 16 heavy (non-hydrogen) atoms. The van der Waals surface area contributed by atoms with Gasteiger partial charge in [0, 0.05) is 4.90 Å². The van der Waals surface area contributed by atoms with Gasteiger partial charge in [-0.3, -0.25) is 4.79 Å². The first-order chi connectivity index (χ1) is 7.69. The van der Waals surface area contributed by atoms with Crippen molar-refractivity contribution in [2.45, 2.75) is 23.0 Å². The minimum atomic E-state index is 0.785. The fourth-order valence-corrected chi connectivity index (χ4v) is 3.48. The van der Waals surface area contributed by atoms with Gasteiger partial charge < -0.3 is 0 Å². The first-order valence-corrected chi connectivity index (χ1v) is 6.62. The maximum Gasteiger partial charge on any atom is 0.160 e. The van der Waals surface area contributed by atoms with Gasteiger partial charge in [-0.1, -0.05) is 23.9 Å². The van der Waals surface area contributed by atoms with Crippen LogP contribution in [0.15, 0.2) is 39.4 Å². The summed E-state index contributed by atoms with van der Waals surface area (Å²) in [6.45, 7) is 4.20. The molecule has 82 valence electrons. The van der Waals surface area contributed by atoms with Gasteiger partial charge in [0.2, 0.25) is 0 Å². The molecule has 2 aromatic rings. The van der Waals surface area contributed by atoms with Crippen LogP contribution in [0.4, 0.5) is 0 Å². The van der Waals surface area contributed by atoms with E-state index in [0.29, 0.717) is 0 Å². The SMILES string of the molecule is Cc1ccc(C)c(Sc2ccc(C=O)s2)c1. The van der Waals surface area contributed by atoms with E-state index in [1.54, 1.807) is 11.8 Å². The van der Waals surface area contributed by atoms with Crippen molar-refractivity contribution in [1.82, 2.24) is 0 Å². The van der Waals surface area contributed by atoms with Crippen LogP contribution in [-0.2, 0) is 0 Å². The highest BCUT2D eigenvalue weighted by Crippen LogP contribution is 2.35. The Balaban J connectivity index is 2.26. The molecule has 0 amide bonds. The third-order valence-electron chi connectivity index (χ3n) is 2.27. The van der Waals surface area contributed by atoms with Gasteiger partial charge in [-0.2, -0.15) is 0 Å². The number of carbonyl (C=O) groups excluding carboxylic acids is 1. The average molecular weight is 248 g/mol. The van der Waals surface area contributed by atoms with Crippen LogP contribution in [0.3, 0.4) is 0 Å². The normalized spacial score (nSPS) is 10.4. The van der Waals surface area contributed by atoms with Crippen LogP contribution in [0.25, 0.3) is 0 Å². The number of aryl methyl sites for hydroxylation is 2. The van der Waals surface area contributed by atoms with Crippen LogP contribution in [0, 0.1) is 13.8 Å². The van der Waals surface area contributed by atoms with E-state index in [4.69, 9.17) is 0 Å². The first-order valence-electron chi connectivity index (χ1n) is 4.99. The van der Waals surface area contributed by atoms with E-state index in [1.165, 1.54) is 27.4 Å². The predicted octanol–water partition coefficient (Wildman–Crippen LogP) is 4.33. The number of rotatable bonds is 3. The fourth-order valence-electron chi connectivity index (χ4n) is 1.38. The van der Waals surface area contributed by atoms with Crippen molar-refractivity contribution in [2.75, 3.05) is 0 Å². The summed E-state index contributed by atoms with van der Waals surface area (Å²) < 4.78 is 1.16. The Bertz CT molecular complexity index is 514. The maximum absolute atomic E-state index is 10.6. The molecule has 0 spiro atoms. The molecule has 0 radical (unpaired) electrons. The van der Waals surface area contributed by atoms with Crippen LogP contribution in [0.5, 0.6) is 0 Å². The lowest BCUT2D eigenvalue weighted by Gasteiger charge is -2.04. The fraction of sp³-hybridized carbons (Fsp3) is 0.154. The van der Waals surface area contributed by atoms with Crippen LogP contribution in [-0.4, -0.2) is 6.29 Å². The van der Waals surface area contributed by atoms with Crippen molar-refractivity contribution in [3.05, 3.63) is 46.3 Å². The van der Waals surface area contributed by atoms with Gasteiger partial charge in [-0.25, -0.2) is 0 Å². The Hall–Kier alpha value is -1.06. The molecule has 0 aliphatic rings. The Morgan fingerprint density at radius 1 is 1.19 bits per heavy atom. The molecule has 0 atom stereocenters. The van der Waals surface area contributed by atoms with Gasteiger partial charge in [0.05, 0.1) is 9.09 Å². The second-order valence-electron chi connectivity index (χ2n) is 3.65. The molecule has 0 fully saturated rings. The zero-order valence-corrected chi connectivity index (χ0v) is 10.8. The molecule has 0 N–H and O–H groups in total. The Morgan fingerprint density at radius 2 is 2.00 bits per heavy atom. The van der Waals surface area contributed by atoms with Crippen molar-refractivity contribution in [1.29, 1.82) is 0 Å². The summed E-state index contributed by atoms with van der Waals surface area (Å²) in [7, 11) is 0. The third kappa shape index (κ3) is 2.54. The topological polar surface area (TPSA) is 17.1 Å². The molecule has 0 aliphatic carbocycles. The van der Waals surface area contributed by atoms with E-state index in [2.05, 4.69) is 32.0 Å². The van der Waals surface area contributed by atoms with Crippen molar-refractivity contribution in [3.8, 4) is 0 Å². The van der Waals surface area contributed by atoms with Gasteiger partial charge in [0.15, 0.2) is 6.29 Å². The highest BCUT2D eigenvalue weighted by atomic mass is 32.2. The molecule has 1 heterocycles. The number of hydrogen-bond donors (Lipinski definition) is 0. The molecule has 2 rings (SSSR count). The maximum atomic E-state index is 10.6. The van der Waals surface area contributed by atoms with E-state index >= 15 is 0 Å². The summed E-state index contributed by atoms with van der Waals surface area (Å²) in [4.78, 5) is 12.6. The van der Waals surface area contributed by atoms with E-state index in [0.717, 1.165) is 15.4 Å². The largest absolute Gasteiger partial charge is 0.297 e. The summed E-state index contributed by atoms with van der Waals surface area (Å²) >= 11 is 3.26. The van der Waals surface area contributed by atoms with Crippen LogP contribution in [0.1, 0.15) is 20.8 Å². The van der Waals surface area contributed by atoms with Crippen molar-refractivity contribution in [2.24, 2.45) is 0 Å². The molecule has 0 saturated heterocycles. The van der Waals surface area contributed by atoms with Crippen molar-refractivity contribution < 1.29 is 4.79 Å². The van der Waals surface area contributed by atoms with Gasteiger partial charge in [0.25, 0.3) is 0 Å². The van der Waals surface area contributed by atoms with Crippen LogP contribution in [0.2, 0.25) is 0 Å². The zero-order chi connectivity index (χ0) is 11.5. The molecule has 0 saturated carbocycles. The first kappa shape index (κ1) is 11.4. The highest BCUT2D eigenvalue weighted by molar-refractivity contribution is 8.01. The number of benzene rings is 1. The standard InChI is InChI=1S/C13H12OS2/c1-9-3-4-10(2)12(7-9)16-13-6-5-11(8-14)15-13/h3-8H,1-2H3. The van der Waals surface area contributed by atoms with E-state index in [1.807, 2.05) is 12.1 Å². The third-order valence-corrected chi connectivity index (χ3v) is 4.57. The average Bonchev–Trinajstić information content (AvgIpc) is 2.71. The van der Waals surface area contributed by atoms with E-state index < -0.39 is 0 Å². The molecule has 1 aromatic heterocycles. The highest BCUT2D eigenvalue weighted by Gasteiger charge is 2.04. The van der Waals surface area contributed by atoms with Gasteiger partial charge >= 0.3 is 0 Å². The number of thiophene rings is 1. The monoisotopic (exact) mass is 248 g/mol. The lowest BCUT2D eigenvalue weighted by atomic mass is 10.2.